The number of carbonyl (C=O) groups is 2. The van der Waals surface area contributed by atoms with Crippen LogP contribution in [-0.4, -0.2) is 30.0 Å². The minimum Gasteiger partial charge on any atom is -0.481 e. The number of ketones is 1. The van der Waals surface area contributed by atoms with Crippen molar-refractivity contribution in [1.29, 1.82) is 0 Å². The molecule has 4 saturated carbocycles. The average Bonchev–Trinajstić information content (AvgIpc) is 2.78. The first-order valence-corrected chi connectivity index (χ1v) is 14.4. The van der Waals surface area contributed by atoms with Crippen molar-refractivity contribution >= 4 is 11.8 Å². The molecule has 4 fully saturated rings. The van der Waals surface area contributed by atoms with Gasteiger partial charge in [-0.1, -0.05) is 47.1 Å². The fourth-order valence-electron chi connectivity index (χ4n) is 10.7. The van der Waals surface area contributed by atoms with E-state index in [2.05, 4.69) is 53.1 Å². The summed E-state index contributed by atoms with van der Waals surface area (Å²) in [5.74, 6) is 0.277. The van der Waals surface area contributed by atoms with Crippen molar-refractivity contribution in [2.75, 3.05) is 7.11 Å². The molecule has 36 heavy (non-hydrogen) atoms. The molecule has 5 heteroatoms. The molecule has 0 amide bonds. The molecule has 0 heterocycles. The number of carboxylic acids is 1. The van der Waals surface area contributed by atoms with Gasteiger partial charge in [-0.2, -0.15) is 5.48 Å². The molecule has 1 unspecified atom stereocenters. The van der Waals surface area contributed by atoms with Gasteiger partial charge in [-0.05, 0) is 110 Å². The van der Waals surface area contributed by atoms with Crippen LogP contribution < -0.4 is 5.48 Å². The molecular weight excluding hydrogens is 450 g/mol. The van der Waals surface area contributed by atoms with Crippen molar-refractivity contribution in [3.63, 3.8) is 0 Å². The number of rotatable bonds is 3. The van der Waals surface area contributed by atoms with Crippen molar-refractivity contribution < 1.29 is 19.5 Å². The molecule has 5 aliphatic rings. The number of carboxylic acid groups (broad SMARTS) is 1. The molecule has 0 aliphatic heterocycles. The first kappa shape index (κ1) is 26.4. The molecule has 9 atom stereocenters. The quantitative estimate of drug-likeness (QED) is 0.430. The summed E-state index contributed by atoms with van der Waals surface area (Å²) in [7, 11) is 1.71. The topological polar surface area (TPSA) is 75.6 Å². The van der Waals surface area contributed by atoms with Gasteiger partial charge in [0.25, 0.3) is 0 Å². The Kier molecular flexibility index (Phi) is 5.80. The summed E-state index contributed by atoms with van der Waals surface area (Å²) in [6, 6.07) is 0.289. The van der Waals surface area contributed by atoms with Crippen molar-refractivity contribution in [1.82, 2.24) is 5.48 Å². The maximum absolute atomic E-state index is 14.4. The van der Waals surface area contributed by atoms with Gasteiger partial charge in [-0.3, -0.25) is 9.59 Å². The highest BCUT2D eigenvalue weighted by Crippen LogP contribution is 2.75. The molecule has 0 bridgehead atoms. The molecule has 0 aromatic heterocycles. The Morgan fingerprint density at radius 2 is 1.64 bits per heavy atom. The van der Waals surface area contributed by atoms with E-state index in [1.165, 1.54) is 5.57 Å². The van der Waals surface area contributed by atoms with Crippen molar-refractivity contribution in [3.05, 3.63) is 11.6 Å². The van der Waals surface area contributed by atoms with Gasteiger partial charge in [0.15, 0.2) is 5.78 Å². The van der Waals surface area contributed by atoms with Crippen LogP contribution in [0.3, 0.4) is 0 Å². The Morgan fingerprint density at radius 3 is 2.28 bits per heavy atom. The van der Waals surface area contributed by atoms with Gasteiger partial charge < -0.3 is 9.94 Å². The first-order chi connectivity index (χ1) is 16.6. The summed E-state index contributed by atoms with van der Waals surface area (Å²) in [4.78, 5) is 32.0. The number of nitrogens with one attached hydrogen (secondary N) is 1. The highest BCUT2D eigenvalue weighted by Gasteiger charge is 2.70. The van der Waals surface area contributed by atoms with Crippen LogP contribution in [0.4, 0.5) is 0 Å². The van der Waals surface area contributed by atoms with Crippen LogP contribution in [0.5, 0.6) is 0 Å². The van der Waals surface area contributed by atoms with E-state index in [0.717, 1.165) is 51.4 Å². The van der Waals surface area contributed by atoms with E-state index in [9.17, 15) is 14.7 Å². The van der Waals surface area contributed by atoms with Gasteiger partial charge in [-0.15, -0.1) is 0 Å². The summed E-state index contributed by atoms with van der Waals surface area (Å²) < 4.78 is 0. The van der Waals surface area contributed by atoms with Gasteiger partial charge in [0.05, 0.1) is 12.5 Å². The smallest absolute Gasteiger partial charge is 0.309 e. The van der Waals surface area contributed by atoms with Crippen molar-refractivity contribution in [2.24, 2.45) is 50.2 Å². The number of fused-ring (bicyclic) bond motifs is 7. The molecular formula is C31H49NO4. The monoisotopic (exact) mass is 499 g/mol. The zero-order valence-electron chi connectivity index (χ0n) is 23.9. The van der Waals surface area contributed by atoms with E-state index >= 15 is 0 Å². The van der Waals surface area contributed by atoms with Crippen molar-refractivity contribution in [2.45, 2.75) is 112 Å². The van der Waals surface area contributed by atoms with E-state index in [-0.39, 0.29) is 45.0 Å². The molecule has 0 saturated heterocycles. The van der Waals surface area contributed by atoms with Crippen LogP contribution in [-0.2, 0) is 14.4 Å². The minimum absolute atomic E-state index is 0.0130. The standard InChI is InChI=1S/C31H49NO4/c1-26(2)22-9-12-31(7)24(29(22,5)11-10-23(26)32-36-8)21(33)17-19-20-18-28(4,25(34)35)14-13-27(20,3)15-16-30(19,31)6/h17,20,22-24,32H,9-16,18H2,1-8H3,(H,34,35)/t20-,22?,23-,24+,27+,28-,29-,30+,31+/m0/s1. The minimum atomic E-state index is -0.704. The zero-order valence-corrected chi connectivity index (χ0v) is 23.9. The predicted molar refractivity (Wildman–Crippen MR) is 141 cm³/mol. The number of hydroxylamine groups is 1. The largest absolute Gasteiger partial charge is 0.481 e. The maximum Gasteiger partial charge on any atom is 0.309 e. The van der Waals surface area contributed by atoms with E-state index in [0.29, 0.717) is 18.1 Å². The molecule has 2 N–H and O–H groups in total. The van der Waals surface area contributed by atoms with Crippen LogP contribution in [0.25, 0.3) is 0 Å². The first-order valence-electron chi connectivity index (χ1n) is 14.4. The second-order valence-corrected chi connectivity index (χ2v) is 15.3. The molecule has 202 valence electrons. The van der Waals surface area contributed by atoms with Crippen LogP contribution in [0, 0.1) is 50.2 Å². The molecule has 5 rings (SSSR count). The molecule has 5 nitrogen and oxygen atoms in total. The van der Waals surface area contributed by atoms with Crippen LogP contribution in [0.2, 0.25) is 0 Å². The summed E-state index contributed by atoms with van der Waals surface area (Å²) in [6.45, 7) is 16.3. The fraction of sp³-hybridized carbons (Fsp3) is 0.871. The Balaban J connectivity index is 1.59. The second kappa shape index (κ2) is 7.91. The summed E-state index contributed by atoms with van der Waals surface area (Å²) in [6.07, 6.45) is 10.8. The Morgan fingerprint density at radius 1 is 0.972 bits per heavy atom. The SMILES string of the molecule is CON[C@H]1CC[C@@]2(C)C(CC[C@]3(C)[C@@H]2C(=O)C=C2[C@@H]4C[C@@](C)(C(=O)O)CC[C@]4(C)CC[C@]23C)C1(C)C. The van der Waals surface area contributed by atoms with Crippen LogP contribution in [0.15, 0.2) is 11.6 Å². The number of aliphatic carboxylic acids is 1. The van der Waals surface area contributed by atoms with Gasteiger partial charge in [0.2, 0.25) is 0 Å². The lowest BCUT2D eigenvalue weighted by Gasteiger charge is -2.70. The molecule has 0 aromatic rings. The Hall–Kier alpha value is -1.20. The molecule has 0 spiro atoms. The fourth-order valence-corrected chi connectivity index (χ4v) is 10.7. The third-order valence-corrected chi connectivity index (χ3v) is 13.4. The van der Waals surface area contributed by atoms with E-state index in [1.54, 1.807) is 7.11 Å². The lowest BCUT2D eigenvalue weighted by Crippen LogP contribution is -2.67. The molecule has 0 aromatic carbocycles. The summed E-state index contributed by atoms with van der Waals surface area (Å²) in [5.41, 5.74) is 3.78. The van der Waals surface area contributed by atoms with Gasteiger partial charge in [0.1, 0.15) is 0 Å². The highest BCUT2D eigenvalue weighted by atomic mass is 16.6. The normalized spacial score (nSPS) is 51.8. The highest BCUT2D eigenvalue weighted by molar-refractivity contribution is 5.95. The van der Waals surface area contributed by atoms with Gasteiger partial charge in [-0.25, -0.2) is 0 Å². The predicted octanol–water partition coefficient (Wildman–Crippen LogP) is 6.57. The summed E-state index contributed by atoms with van der Waals surface area (Å²) >= 11 is 0. The van der Waals surface area contributed by atoms with E-state index in [1.807, 2.05) is 6.92 Å². The van der Waals surface area contributed by atoms with Gasteiger partial charge in [0, 0.05) is 12.0 Å². The van der Waals surface area contributed by atoms with Gasteiger partial charge >= 0.3 is 5.97 Å². The van der Waals surface area contributed by atoms with E-state index in [4.69, 9.17) is 4.84 Å². The lowest BCUT2D eigenvalue weighted by atomic mass is 9.33. The third kappa shape index (κ3) is 3.20. The molecule has 0 radical (unpaired) electrons. The number of hydrogen-bond acceptors (Lipinski definition) is 4. The van der Waals surface area contributed by atoms with Crippen LogP contribution in [0.1, 0.15) is 106 Å². The second-order valence-electron chi connectivity index (χ2n) is 15.3. The number of carbonyl (C=O) groups excluding carboxylic acids is 1. The van der Waals surface area contributed by atoms with E-state index < -0.39 is 11.4 Å². The summed E-state index contributed by atoms with van der Waals surface area (Å²) in [5, 5.41) is 10.1. The Labute approximate surface area is 218 Å². The zero-order chi connectivity index (χ0) is 26.5. The average molecular weight is 500 g/mol. The lowest BCUT2D eigenvalue weighted by molar-refractivity contribution is -0.195. The molecule has 5 aliphatic carbocycles. The number of allylic oxidation sites excluding steroid dienone is 2. The van der Waals surface area contributed by atoms with Crippen molar-refractivity contribution in [3.8, 4) is 0 Å². The maximum atomic E-state index is 14.4. The third-order valence-electron chi connectivity index (χ3n) is 13.4. The Bertz CT molecular complexity index is 1000. The number of hydrogen-bond donors (Lipinski definition) is 2. The van der Waals surface area contributed by atoms with Crippen LogP contribution >= 0.6 is 0 Å².